The quantitative estimate of drug-likeness (QED) is 0.220. The van der Waals surface area contributed by atoms with Crippen molar-refractivity contribution < 1.29 is 22.8 Å². The molecular weight excluding hydrogens is 388 g/mol. The molecular formula is C16H18N6O5S. The lowest BCUT2D eigenvalue weighted by Gasteiger charge is -2.29. The molecule has 0 aliphatic carbocycles. The lowest BCUT2D eigenvalue weighted by Crippen LogP contribution is -2.52. The predicted molar refractivity (Wildman–Crippen MR) is 96.3 cm³/mol. The molecule has 12 heteroatoms. The van der Waals surface area contributed by atoms with Gasteiger partial charge in [-0.05, 0) is 30.5 Å². The molecule has 1 aromatic rings. The highest BCUT2D eigenvalue weighted by molar-refractivity contribution is 7.89. The molecule has 0 aromatic heterocycles. The number of azide groups is 1. The summed E-state index contributed by atoms with van der Waals surface area (Å²) in [6.07, 6.45) is 0.651. The summed E-state index contributed by atoms with van der Waals surface area (Å²) in [6, 6.07) is 3.57. The number of hydrogen-bond donors (Lipinski definition) is 2. The monoisotopic (exact) mass is 406 g/mol. The largest absolute Gasteiger partial charge is 0.322 e. The van der Waals surface area contributed by atoms with Crippen molar-refractivity contribution in [2.75, 3.05) is 13.1 Å². The molecule has 1 unspecified atom stereocenters. The molecule has 0 radical (unpaired) electrons. The molecule has 3 amide bonds. The van der Waals surface area contributed by atoms with Crippen LogP contribution >= 0.6 is 0 Å². The number of imide groups is 1. The van der Waals surface area contributed by atoms with Crippen LogP contribution in [0, 0.1) is 0 Å². The van der Waals surface area contributed by atoms with Gasteiger partial charge in [-0.25, -0.2) is 13.1 Å². The Morgan fingerprint density at radius 1 is 1.32 bits per heavy atom. The molecule has 3 rings (SSSR count). The zero-order valence-electron chi connectivity index (χ0n) is 14.8. The zero-order chi connectivity index (χ0) is 20.3. The number of hydrogen-bond acceptors (Lipinski definition) is 6. The van der Waals surface area contributed by atoms with Gasteiger partial charge in [-0.1, -0.05) is 11.2 Å². The van der Waals surface area contributed by atoms with Gasteiger partial charge in [0.25, 0.3) is 5.91 Å². The van der Waals surface area contributed by atoms with E-state index < -0.39 is 33.8 Å². The van der Waals surface area contributed by atoms with Gasteiger partial charge in [-0.2, -0.15) is 0 Å². The maximum Gasteiger partial charge on any atom is 0.255 e. The van der Waals surface area contributed by atoms with Crippen LogP contribution in [0.25, 0.3) is 10.4 Å². The number of carbonyl (C=O) groups excluding carboxylic acids is 3. The molecule has 1 atom stereocenters. The molecule has 28 heavy (non-hydrogen) atoms. The van der Waals surface area contributed by atoms with E-state index in [-0.39, 0.29) is 42.9 Å². The van der Waals surface area contributed by atoms with Crippen molar-refractivity contribution in [3.8, 4) is 0 Å². The Hall–Kier alpha value is -2.95. The first kappa shape index (κ1) is 19.8. The van der Waals surface area contributed by atoms with Crippen molar-refractivity contribution in [1.82, 2.24) is 14.9 Å². The molecule has 0 bridgehead atoms. The van der Waals surface area contributed by atoms with Crippen LogP contribution in [0.1, 0.15) is 35.2 Å². The Balaban J connectivity index is 1.81. The van der Waals surface area contributed by atoms with Gasteiger partial charge in [-0.3, -0.25) is 19.7 Å². The molecule has 0 saturated carbocycles. The maximum absolute atomic E-state index is 12.7. The van der Waals surface area contributed by atoms with Crippen LogP contribution in [0.2, 0.25) is 0 Å². The molecule has 1 aromatic carbocycles. The topological polar surface area (TPSA) is 161 Å². The summed E-state index contributed by atoms with van der Waals surface area (Å²) in [5.41, 5.74) is 8.78. The van der Waals surface area contributed by atoms with E-state index in [9.17, 15) is 22.8 Å². The highest BCUT2D eigenvalue weighted by Crippen LogP contribution is 2.31. The van der Waals surface area contributed by atoms with E-state index in [0.717, 1.165) is 0 Å². The average Bonchev–Trinajstić information content (AvgIpc) is 2.98. The third-order valence-corrected chi connectivity index (χ3v) is 6.16. The molecule has 1 saturated heterocycles. The normalized spacial score (nSPS) is 19.2. The fraction of sp³-hybridized carbons (Fsp3) is 0.438. The molecule has 11 nitrogen and oxygen atoms in total. The van der Waals surface area contributed by atoms with Gasteiger partial charge in [0, 0.05) is 42.1 Å². The predicted octanol–water partition coefficient (Wildman–Crippen LogP) is 0.426. The SMILES string of the molecule is [N-]=[N+]=NCCCNS(=O)(=O)c1cccc2c1CN(C1CCC(=O)NC1=O)C2=O. The zero-order valence-corrected chi connectivity index (χ0v) is 15.6. The summed E-state index contributed by atoms with van der Waals surface area (Å²) in [4.78, 5) is 40.0. The fourth-order valence-corrected chi connectivity index (χ4v) is 4.61. The van der Waals surface area contributed by atoms with Gasteiger partial charge in [0.1, 0.15) is 6.04 Å². The van der Waals surface area contributed by atoms with E-state index in [1.54, 1.807) is 0 Å². The highest BCUT2D eigenvalue weighted by Gasteiger charge is 2.40. The Bertz CT molecular complexity index is 985. The van der Waals surface area contributed by atoms with Crippen LogP contribution < -0.4 is 10.0 Å². The first-order chi connectivity index (χ1) is 13.3. The fourth-order valence-electron chi connectivity index (χ4n) is 3.29. The van der Waals surface area contributed by atoms with Gasteiger partial charge < -0.3 is 4.90 Å². The Morgan fingerprint density at radius 2 is 2.11 bits per heavy atom. The average molecular weight is 406 g/mol. The number of piperidine rings is 1. The smallest absolute Gasteiger partial charge is 0.255 e. The lowest BCUT2D eigenvalue weighted by atomic mass is 10.0. The van der Waals surface area contributed by atoms with Crippen LogP contribution in [-0.2, 0) is 26.2 Å². The minimum Gasteiger partial charge on any atom is -0.322 e. The van der Waals surface area contributed by atoms with E-state index in [0.29, 0.717) is 12.0 Å². The Kier molecular flexibility index (Phi) is 5.63. The van der Waals surface area contributed by atoms with E-state index in [1.165, 1.54) is 23.1 Å². The Labute approximate surface area is 160 Å². The summed E-state index contributed by atoms with van der Waals surface area (Å²) < 4.78 is 27.7. The van der Waals surface area contributed by atoms with Gasteiger partial charge in [-0.15, -0.1) is 0 Å². The Morgan fingerprint density at radius 3 is 2.82 bits per heavy atom. The van der Waals surface area contributed by atoms with Crippen LogP contribution in [0.5, 0.6) is 0 Å². The highest BCUT2D eigenvalue weighted by atomic mass is 32.2. The molecule has 2 N–H and O–H groups in total. The molecule has 2 aliphatic rings. The third-order valence-electron chi connectivity index (χ3n) is 4.62. The second kappa shape index (κ2) is 7.97. The van der Waals surface area contributed by atoms with Gasteiger partial charge in [0.15, 0.2) is 0 Å². The lowest BCUT2D eigenvalue weighted by molar-refractivity contribution is -0.136. The van der Waals surface area contributed by atoms with Gasteiger partial charge in [0.05, 0.1) is 4.90 Å². The van der Waals surface area contributed by atoms with Crippen molar-refractivity contribution >= 4 is 27.7 Å². The van der Waals surface area contributed by atoms with E-state index >= 15 is 0 Å². The molecule has 2 heterocycles. The van der Waals surface area contributed by atoms with Crippen molar-refractivity contribution in [2.45, 2.75) is 36.7 Å². The first-order valence-electron chi connectivity index (χ1n) is 8.62. The minimum absolute atomic E-state index is 0.0306. The van der Waals surface area contributed by atoms with Crippen LogP contribution in [0.4, 0.5) is 0 Å². The summed E-state index contributed by atoms with van der Waals surface area (Å²) in [7, 11) is -3.89. The van der Waals surface area contributed by atoms with E-state index in [4.69, 9.17) is 5.53 Å². The van der Waals surface area contributed by atoms with Crippen molar-refractivity contribution in [2.24, 2.45) is 5.11 Å². The van der Waals surface area contributed by atoms with Crippen molar-refractivity contribution in [3.05, 3.63) is 39.8 Å². The summed E-state index contributed by atoms with van der Waals surface area (Å²) >= 11 is 0. The second-order valence-electron chi connectivity index (χ2n) is 6.39. The number of rotatable bonds is 7. The van der Waals surface area contributed by atoms with Gasteiger partial charge in [0.2, 0.25) is 21.8 Å². The number of amides is 3. The molecule has 0 spiro atoms. The number of fused-ring (bicyclic) bond motifs is 1. The minimum atomic E-state index is -3.89. The number of sulfonamides is 1. The van der Waals surface area contributed by atoms with Crippen LogP contribution in [-0.4, -0.2) is 50.2 Å². The molecule has 1 fully saturated rings. The maximum atomic E-state index is 12.7. The second-order valence-corrected chi connectivity index (χ2v) is 8.12. The van der Waals surface area contributed by atoms with E-state index in [2.05, 4.69) is 20.1 Å². The number of benzene rings is 1. The van der Waals surface area contributed by atoms with E-state index in [1.807, 2.05) is 0 Å². The standard InChI is InChI=1S/C16H18N6O5S/c17-21-18-7-2-8-19-28(26,27)13-4-1-3-10-11(13)9-22(16(10)25)12-5-6-14(23)20-15(12)24/h1,3-4,12,19H,2,5-9H2,(H,20,23,24). The van der Waals surface area contributed by atoms with Crippen LogP contribution in [0.3, 0.4) is 0 Å². The van der Waals surface area contributed by atoms with Gasteiger partial charge >= 0.3 is 0 Å². The molecule has 148 valence electrons. The van der Waals surface area contributed by atoms with Crippen molar-refractivity contribution in [1.29, 1.82) is 0 Å². The summed E-state index contributed by atoms with van der Waals surface area (Å²) in [5.74, 6) is -1.39. The number of carbonyl (C=O) groups is 3. The number of nitrogens with zero attached hydrogens (tertiary/aromatic N) is 4. The van der Waals surface area contributed by atoms with Crippen molar-refractivity contribution in [3.63, 3.8) is 0 Å². The third kappa shape index (κ3) is 3.84. The molecule has 2 aliphatic heterocycles. The summed E-state index contributed by atoms with van der Waals surface area (Å²) in [6.45, 7) is 0.208. The van der Waals surface area contributed by atoms with Crippen LogP contribution in [0.15, 0.2) is 28.2 Å². The first-order valence-corrected chi connectivity index (χ1v) is 10.1. The number of nitrogens with one attached hydrogen (secondary N) is 2. The summed E-state index contributed by atoms with van der Waals surface area (Å²) in [5, 5.41) is 5.54.